The van der Waals surface area contributed by atoms with Crippen LogP contribution in [-0.2, 0) is 13.0 Å². The summed E-state index contributed by atoms with van der Waals surface area (Å²) < 4.78 is 11.0. The van der Waals surface area contributed by atoms with Gasteiger partial charge in [-0.3, -0.25) is 4.90 Å². The van der Waals surface area contributed by atoms with Crippen LogP contribution < -0.4 is 9.47 Å². The number of fused-ring (bicyclic) bond motifs is 1. The Bertz CT molecular complexity index is 679. The van der Waals surface area contributed by atoms with Gasteiger partial charge in [-0.05, 0) is 18.6 Å². The third-order valence-corrected chi connectivity index (χ3v) is 4.23. The molecule has 0 aliphatic carbocycles. The fraction of sp³-hybridized carbons (Fsp3) is 0.444. The molecule has 1 N–H and O–H groups in total. The molecule has 1 aliphatic heterocycles. The van der Waals surface area contributed by atoms with Crippen LogP contribution >= 0.6 is 0 Å². The second-order valence-corrected chi connectivity index (χ2v) is 6.02. The van der Waals surface area contributed by atoms with E-state index in [0.717, 1.165) is 35.5 Å². The first-order valence-corrected chi connectivity index (χ1v) is 8.13. The third kappa shape index (κ3) is 3.83. The Kier molecular flexibility index (Phi) is 5.27. The van der Waals surface area contributed by atoms with Crippen LogP contribution in [0, 0.1) is 6.92 Å². The number of ether oxygens (including phenoxy) is 2. The molecule has 6 nitrogen and oxygen atoms in total. The highest BCUT2D eigenvalue weighted by Gasteiger charge is 2.23. The third-order valence-electron chi connectivity index (χ3n) is 4.23. The van der Waals surface area contributed by atoms with Crippen LogP contribution in [0.25, 0.3) is 0 Å². The molecular weight excluding hydrogens is 306 g/mol. The minimum atomic E-state index is -0.554. The Balaban J connectivity index is 1.56. The molecule has 1 atom stereocenters. The van der Waals surface area contributed by atoms with E-state index in [1.165, 1.54) is 6.33 Å². The number of β-amino-alcohol motifs (C(OH)–C–C–N with tert-alkyl or cyclic N) is 1. The quantitative estimate of drug-likeness (QED) is 0.868. The molecule has 3 rings (SSSR count). The van der Waals surface area contributed by atoms with Crippen molar-refractivity contribution in [2.75, 3.05) is 26.8 Å². The van der Waals surface area contributed by atoms with Gasteiger partial charge in [-0.2, -0.15) is 0 Å². The summed E-state index contributed by atoms with van der Waals surface area (Å²) >= 11 is 0. The van der Waals surface area contributed by atoms with E-state index in [-0.39, 0.29) is 6.61 Å². The van der Waals surface area contributed by atoms with Gasteiger partial charge in [0.15, 0.2) is 0 Å². The molecule has 1 aromatic heterocycles. The van der Waals surface area contributed by atoms with Gasteiger partial charge in [0.1, 0.15) is 24.8 Å². The van der Waals surface area contributed by atoms with E-state index in [9.17, 15) is 5.11 Å². The molecule has 0 fully saturated rings. The number of aliphatic hydroxyl groups is 1. The number of hydrogen-bond acceptors (Lipinski definition) is 6. The largest absolute Gasteiger partial charge is 0.491 e. The number of aliphatic hydroxyl groups excluding tert-OH is 1. The first-order valence-electron chi connectivity index (χ1n) is 8.13. The van der Waals surface area contributed by atoms with Crippen LogP contribution in [0.1, 0.15) is 16.8 Å². The summed E-state index contributed by atoms with van der Waals surface area (Å²) in [7, 11) is 1.62. The van der Waals surface area contributed by atoms with Gasteiger partial charge in [0.2, 0.25) is 5.88 Å². The monoisotopic (exact) mass is 329 g/mol. The molecule has 0 amide bonds. The van der Waals surface area contributed by atoms with E-state index in [4.69, 9.17) is 9.47 Å². The number of nitrogens with zero attached hydrogens (tertiary/aromatic N) is 3. The number of rotatable bonds is 6. The van der Waals surface area contributed by atoms with Crippen molar-refractivity contribution in [3.05, 3.63) is 47.4 Å². The van der Waals surface area contributed by atoms with Gasteiger partial charge in [0.05, 0.1) is 12.8 Å². The zero-order chi connectivity index (χ0) is 16.9. The Morgan fingerprint density at radius 3 is 2.92 bits per heavy atom. The van der Waals surface area contributed by atoms with Crippen molar-refractivity contribution >= 4 is 0 Å². The number of methoxy groups -OCH3 is 1. The Morgan fingerprint density at radius 2 is 2.12 bits per heavy atom. The topological polar surface area (TPSA) is 67.7 Å². The minimum Gasteiger partial charge on any atom is -0.491 e. The smallest absolute Gasteiger partial charge is 0.220 e. The van der Waals surface area contributed by atoms with E-state index in [2.05, 4.69) is 14.9 Å². The summed E-state index contributed by atoms with van der Waals surface area (Å²) in [6.07, 6.45) is 1.82. The van der Waals surface area contributed by atoms with Gasteiger partial charge in [-0.25, -0.2) is 9.97 Å². The second-order valence-electron chi connectivity index (χ2n) is 6.02. The number of aromatic nitrogens is 2. The first kappa shape index (κ1) is 16.7. The molecule has 2 heterocycles. The summed E-state index contributed by atoms with van der Waals surface area (Å²) in [5, 5.41) is 10.3. The van der Waals surface area contributed by atoms with Crippen LogP contribution in [0.2, 0.25) is 0 Å². The Hall–Kier alpha value is -2.18. The summed E-state index contributed by atoms with van der Waals surface area (Å²) in [6, 6.07) is 7.82. The molecular formula is C18H23N3O3. The Labute approximate surface area is 142 Å². The lowest BCUT2D eigenvalue weighted by Gasteiger charge is -2.30. The molecule has 0 unspecified atom stereocenters. The molecule has 0 bridgehead atoms. The SMILES string of the molecule is COc1ncnc2c1CN(C[C@H](O)COc1ccccc1C)CC2. The van der Waals surface area contributed by atoms with E-state index < -0.39 is 6.10 Å². The normalized spacial score (nSPS) is 15.6. The van der Waals surface area contributed by atoms with Gasteiger partial charge in [0.25, 0.3) is 0 Å². The predicted molar refractivity (Wildman–Crippen MR) is 90.2 cm³/mol. The van der Waals surface area contributed by atoms with Crippen molar-refractivity contribution in [3.8, 4) is 11.6 Å². The molecule has 0 radical (unpaired) electrons. The summed E-state index contributed by atoms with van der Waals surface area (Å²) in [6.45, 7) is 4.35. The molecule has 1 aliphatic rings. The molecule has 24 heavy (non-hydrogen) atoms. The Morgan fingerprint density at radius 1 is 1.29 bits per heavy atom. The lowest BCUT2D eigenvalue weighted by molar-refractivity contribution is 0.0628. The van der Waals surface area contributed by atoms with Crippen LogP contribution in [0.4, 0.5) is 0 Å². The van der Waals surface area contributed by atoms with Gasteiger partial charge in [-0.1, -0.05) is 18.2 Å². The van der Waals surface area contributed by atoms with Crippen molar-refractivity contribution in [2.24, 2.45) is 0 Å². The van der Waals surface area contributed by atoms with E-state index in [1.54, 1.807) is 7.11 Å². The van der Waals surface area contributed by atoms with Crippen LogP contribution in [0.3, 0.4) is 0 Å². The lowest BCUT2D eigenvalue weighted by Crippen LogP contribution is -2.39. The van der Waals surface area contributed by atoms with Gasteiger partial charge >= 0.3 is 0 Å². The molecule has 0 saturated heterocycles. The second kappa shape index (κ2) is 7.59. The zero-order valence-electron chi connectivity index (χ0n) is 14.1. The van der Waals surface area contributed by atoms with Crippen molar-refractivity contribution in [2.45, 2.75) is 26.0 Å². The van der Waals surface area contributed by atoms with Crippen molar-refractivity contribution < 1.29 is 14.6 Å². The van der Waals surface area contributed by atoms with Crippen LogP contribution in [0.5, 0.6) is 11.6 Å². The average Bonchev–Trinajstić information content (AvgIpc) is 2.60. The van der Waals surface area contributed by atoms with Gasteiger partial charge in [-0.15, -0.1) is 0 Å². The van der Waals surface area contributed by atoms with E-state index in [1.807, 2.05) is 31.2 Å². The number of benzene rings is 1. The first-order chi connectivity index (χ1) is 11.7. The highest BCUT2D eigenvalue weighted by atomic mass is 16.5. The van der Waals surface area contributed by atoms with E-state index in [0.29, 0.717) is 19.0 Å². The maximum absolute atomic E-state index is 10.3. The molecule has 0 saturated carbocycles. The fourth-order valence-electron chi connectivity index (χ4n) is 2.96. The highest BCUT2D eigenvalue weighted by molar-refractivity contribution is 5.32. The average molecular weight is 329 g/mol. The molecule has 0 spiro atoms. The lowest BCUT2D eigenvalue weighted by atomic mass is 10.1. The standard InChI is InChI=1S/C18H23N3O3/c1-13-5-3-4-6-17(13)24-11-14(22)9-21-8-7-16-15(10-21)18(23-2)20-12-19-16/h3-6,12,14,22H,7-11H2,1-2H3/t14-/m0/s1. The predicted octanol–water partition coefficient (Wildman–Crippen LogP) is 1.59. The highest BCUT2D eigenvalue weighted by Crippen LogP contribution is 2.24. The molecule has 128 valence electrons. The van der Waals surface area contributed by atoms with Crippen LogP contribution in [0.15, 0.2) is 30.6 Å². The maximum atomic E-state index is 10.3. The van der Waals surface area contributed by atoms with Gasteiger partial charge < -0.3 is 14.6 Å². The van der Waals surface area contributed by atoms with Crippen molar-refractivity contribution in [3.63, 3.8) is 0 Å². The molecule has 1 aromatic carbocycles. The number of para-hydroxylation sites is 1. The number of aryl methyl sites for hydroxylation is 1. The van der Waals surface area contributed by atoms with Crippen molar-refractivity contribution in [1.29, 1.82) is 0 Å². The molecule has 6 heteroatoms. The fourth-order valence-corrected chi connectivity index (χ4v) is 2.96. The summed E-state index contributed by atoms with van der Waals surface area (Å²) in [4.78, 5) is 10.7. The van der Waals surface area contributed by atoms with Crippen LogP contribution in [-0.4, -0.2) is 52.9 Å². The van der Waals surface area contributed by atoms with E-state index >= 15 is 0 Å². The molecule has 2 aromatic rings. The van der Waals surface area contributed by atoms with Gasteiger partial charge in [0, 0.05) is 31.6 Å². The minimum absolute atomic E-state index is 0.274. The summed E-state index contributed by atoms with van der Waals surface area (Å²) in [5.41, 5.74) is 3.11. The zero-order valence-corrected chi connectivity index (χ0v) is 14.1. The number of hydrogen-bond donors (Lipinski definition) is 1. The van der Waals surface area contributed by atoms with Crippen molar-refractivity contribution in [1.82, 2.24) is 14.9 Å². The summed E-state index contributed by atoms with van der Waals surface area (Å²) in [5.74, 6) is 1.44. The maximum Gasteiger partial charge on any atom is 0.220 e.